The quantitative estimate of drug-likeness (QED) is 0.804. The number of carboxylic acids is 1. The van der Waals surface area contributed by atoms with Crippen LogP contribution in [-0.4, -0.2) is 66.8 Å². The lowest BCUT2D eigenvalue weighted by Crippen LogP contribution is -2.54. The zero-order valence-corrected chi connectivity index (χ0v) is 14.3. The molecule has 3 N–H and O–H groups in total. The van der Waals surface area contributed by atoms with Gasteiger partial charge in [-0.15, -0.1) is 0 Å². The highest BCUT2D eigenvalue weighted by Crippen LogP contribution is 2.22. The maximum atomic E-state index is 12.6. The maximum Gasteiger partial charge on any atom is 0.320 e. The summed E-state index contributed by atoms with van der Waals surface area (Å²) in [5, 5.41) is 8.88. The molecule has 2 fully saturated rings. The molecule has 0 bridgehead atoms. The highest BCUT2D eigenvalue weighted by atomic mass is 16.5. The first-order valence-electron chi connectivity index (χ1n) is 8.74. The Bertz CT molecular complexity index is 613. The van der Waals surface area contributed by atoms with E-state index in [1.165, 1.54) is 0 Å². The van der Waals surface area contributed by atoms with Crippen LogP contribution >= 0.6 is 0 Å². The van der Waals surface area contributed by atoms with Crippen molar-refractivity contribution in [2.24, 2.45) is 5.73 Å². The van der Waals surface area contributed by atoms with Crippen LogP contribution in [0.15, 0.2) is 24.3 Å². The number of rotatable bonds is 5. The number of hydrogen-bond donors (Lipinski definition) is 2. The molecule has 7 nitrogen and oxygen atoms in total. The van der Waals surface area contributed by atoms with Crippen molar-refractivity contribution in [3.8, 4) is 0 Å². The van der Waals surface area contributed by atoms with Gasteiger partial charge in [-0.05, 0) is 37.0 Å². The zero-order chi connectivity index (χ0) is 17.8. The van der Waals surface area contributed by atoms with Gasteiger partial charge in [0.25, 0.3) is 0 Å². The molecule has 25 heavy (non-hydrogen) atoms. The minimum absolute atomic E-state index is 0.104. The Kier molecular flexibility index (Phi) is 5.67. The number of carboxylic acid groups (broad SMARTS) is 1. The summed E-state index contributed by atoms with van der Waals surface area (Å²) >= 11 is 0. The van der Waals surface area contributed by atoms with Crippen LogP contribution in [0, 0.1) is 0 Å². The number of anilines is 1. The Balaban J connectivity index is 1.59. The number of ether oxygens (including phenoxy) is 1. The second-order valence-corrected chi connectivity index (χ2v) is 6.67. The summed E-state index contributed by atoms with van der Waals surface area (Å²) in [4.78, 5) is 27.5. The molecular formula is C18H25N3O4. The van der Waals surface area contributed by atoms with Gasteiger partial charge in [-0.25, -0.2) is 0 Å². The van der Waals surface area contributed by atoms with Crippen LogP contribution < -0.4 is 10.6 Å². The number of carbonyl (C=O) groups excluding carboxylic acids is 1. The predicted molar refractivity (Wildman–Crippen MR) is 93.5 cm³/mol. The summed E-state index contributed by atoms with van der Waals surface area (Å²) in [7, 11) is 0. The molecule has 0 spiro atoms. The fourth-order valence-corrected chi connectivity index (χ4v) is 3.48. The number of nitrogens with two attached hydrogens (primary N) is 1. The van der Waals surface area contributed by atoms with E-state index in [-0.39, 0.29) is 12.3 Å². The highest BCUT2D eigenvalue weighted by molar-refractivity contribution is 5.95. The SMILES string of the molecule is N[C@@H](Cc1ccc(N2CCN(C3CCOCC3)CC2=O)cc1)C(=O)O. The maximum absolute atomic E-state index is 12.6. The Morgan fingerprint density at radius 3 is 2.52 bits per heavy atom. The van der Waals surface area contributed by atoms with Gasteiger partial charge in [0.15, 0.2) is 0 Å². The van der Waals surface area contributed by atoms with E-state index < -0.39 is 12.0 Å². The van der Waals surface area contributed by atoms with Gasteiger partial charge >= 0.3 is 5.97 Å². The van der Waals surface area contributed by atoms with E-state index in [0.29, 0.717) is 19.1 Å². The number of carbonyl (C=O) groups is 2. The third-order valence-electron chi connectivity index (χ3n) is 4.98. The van der Waals surface area contributed by atoms with Crippen LogP contribution in [0.25, 0.3) is 0 Å². The fraction of sp³-hybridized carbons (Fsp3) is 0.556. The van der Waals surface area contributed by atoms with Gasteiger partial charge in [0.2, 0.25) is 5.91 Å². The molecule has 0 saturated carbocycles. The van der Waals surface area contributed by atoms with E-state index in [4.69, 9.17) is 15.6 Å². The van der Waals surface area contributed by atoms with E-state index >= 15 is 0 Å². The minimum atomic E-state index is -1.01. The Morgan fingerprint density at radius 1 is 1.24 bits per heavy atom. The number of aliphatic carboxylic acids is 1. The summed E-state index contributed by atoms with van der Waals surface area (Å²) in [6, 6.07) is 6.96. The van der Waals surface area contributed by atoms with Crippen LogP contribution in [-0.2, 0) is 20.7 Å². The first kappa shape index (κ1) is 17.8. The second-order valence-electron chi connectivity index (χ2n) is 6.67. The highest BCUT2D eigenvalue weighted by Gasteiger charge is 2.30. The molecule has 1 aromatic rings. The lowest BCUT2D eigenvalue weighted by Gasteiger charge is -2.40. The van der Waals surface area contributed by atoms with Crippen molar-refractivity contribution >= 4 is 17.6 Å². The number of benzene rings is 1. The second kappa shape index (κ2) is 7.95. The minimum Gasteiger partial charge on any atom is -0.480 e. The smallest absolute Gasteiger partial charge is 0.320 e. The molecule has 0 unspecified atom stereocenters. The first-order valence-corrected chi connectivity index (χ1v) is 8.74. The summed E-state index contributed by atoms with van der Waals surface area (Å²) in [6.45, 7) is 3.53. The molecule has 1 amide bonds. The lowest BCUT2D eigenvalue weighted by atomic mass is 10.0. The molecule has 2 aliphatic rings. The van der Waals surface area contributed by atoms with E-state index in [0.717, 1.165) is 43.9 Å². The number of amides is 1. The predicted octanol–water partition coefficient (Wildman–Crippen LogP) is 0.469. The van der Waals surface area contributed by atoms with Crippen molar-refractivity contribution in [3.05, 3.63) is 29.8 Å². The molecule has 2 aliphatic heterocycles. The zero-order valence-electron chi connectivity index (χ0n) is 14.3. The lowest BCUT2D eigenvalue weighted by molar-refractivity contribution is -0.138. The van der Waals surface area contributed by atoms with Crippen LogP contribution in [0.1, 0.15) is 18.4 Å². The van der Waals surface area contributed by atoms with E-state index in [1.807, 2.05) is 24.3 Å². The van der Waals surface area contributed by atoms with E-state index in [9.17, 15) is 9.59 Å². The molecule has 7 heteroatoms. The van der Waals surface area contributed by atoms with Crippen molar-refractivity contribution in [3.63, 3.8) is 0 Å². The fourth-order valence-electron chi connectivity index (χ4n) is 3.48. The molecule has 2 heterocycles. The van der Waals surface area contributed by atoms with Gasteiger partial charge in [-0.1, -0.05) is 12.1 Å². The molecule has 1 aromatic carbocycles. The van der Waals surface area contributed by atoms with Gasteiger partial charge in [0.05, 0.1) is 6.54 Å². The van der Waals surface area contributed by atoms with Gasteiger partial charge in [-0.3, -0.25) is 14.5 Å². The topological polar surface area (TPSA) is 96.1 Å². The van der Waals surface area contributed by atoms with Gasteiger partial charge in [0.1, 0.15) is 6.04 Å². The molecule has 136 valence electrons. The third-order valence-corrected chi connectivity index (χ3v) is 4.98. The van der Waals surface area contributed by atoms with Gasteiger partial charge in [0, 0.05) is 38.0 Å². The van der Waals surface area contributed by atoms with Crippen molar-refractivity contribution in [1.29, 1.82) is 0 Å². The number of nitrogens with zero attached hydrogens (tertiary/aromatic N) is 2. The standard InChI is InChI=1S/C18H25N3O4/c19-16(18(23)24)11-13-1-3-15(4-2-13)21-8-7-20(12-17(21)22)14-5-9-25-10-6-14/h1-4,14,16H,5-12,19H2,(H,23,24)/t16-/m0/s1. The largest absolute Gasteiger partial charge is 0.480 e. The average Bonchev–Trinajstić information content (AvgIpc) is 2.63. The average molecular weight is 347 g/mol. The van der Waals surface area contributed by atoms with Crippen LogP contribution in [0.3, 0.4) is 0 Å². The van der Waals surface area contributed by atoms with Crippen molar-refractivity contribution in [1.82, 2.24) is 4.90 Å². The Hall–Kier alpha value is -1.96. The Labute approximate surface area is 147 Å². The molecule has 3 rings (SSSR count). The normalized spacial score (nSPS) is 21.3. The van der Waals surface area contributed by atoms with Crippen molar-refractivity contribution < 1.29 is 19.4 Å². The van der Waals surface area contributed by atoms with Crippen LogP contribution in [0.2, 0.25) is 0 Å². The molecule has 0 radical (unpaired) electrons. The molecular weight excluding hydrogens is 322 g/mol. The number of piperazine rings is 1. The van der Waals surface area contributed by atoms with Gasteiger partial charge in [-0.2, -0.15) is 0 Å². The first-order chi connectivity index (χ1) is 12.0. The summed E-state index contributed by atoms with van der Waals surface area (Å²) < 4.78 is 5.39. The van der Waals surface area contributed by atoms with Crippen molar-refractivity contribution in [2.45, 2.75) is 31.3 Å². The molecule has 1 atom stereocenters. The molecule has 2 saturated heterocycles. The van der Waals surface area contributed by atoms with Crippen LogP contribution in [0.5, 0.6) is 0 Å². The summed E-state index contributed by atoms with van der Waals surface area (Å²) in [5.41, 5.74) is 7.26. The monoisotopic (exact) mass is 347 g/mol. The van der Waals surface area contributed by atoms with E-state index in [1.54, 1.807) is 4.90 Å². The van der Waals surface area contributed by atoms with Gasteiger partial charge < -0.3 is 20.5 Å². The summed E-state index contributed by atoms with van der Waals surface area (Å²) in [6.07, 6.45) is 2.26. The van der Waals surface area contributed by atoms with Crippen molar-refractivity contribution in [2.75, 3.05) is 37.7 Å². The number of hydrogen-bond acceptors (Lipinski definition) is 5. The van der Waals surface area contributed by atoms with Crippen LogP contribution in [0.4, 0.5) is 5.69 Å². The summed E-state index contributed by atoms with van der Waals surface area (Å²) in [5.74, 6) is -0.906. The third kappa shape index (κ3) is 4.36. The Morgan fingerprint density at radius 2 is 1.92 bits per heavy atom. The van der Waals surface area contributed by atoms with E-state index in [2.05, 4.69) is 4.90 Å². The molecule has 0 aromatic heterocycles. The molecule has 0 aliphatic carbocycles.